The maximum absolute atomic E-state index is 12.8. The molecule has 4 rings (SSSR count). The monoisotopic (exact) mass is 399 g/mol. The van der Waals surface area contributed by atoms with E-state index < -0.39 is 0 Å². The van der Waals surface area contributed by atoms with Gasteiger partial charge in [0.2, 0.25) is 5.91 Å². The summed E-state index contributed by atoms with van der Waals surface area (Å²) in [5.41, 5.74) is 1.78. The first-order valence-electron chi connectivity index (χ1n) is 8.88. The van der Waals surface area contributed by atoms with Crippen molar-refractivity contribution in [2.45, 2.75) is 12.8 Å². The van der Waals surface area contributed by atoms with Gasteiger partial charge in [-0.25, -0.2) is 9.67 Å². The maximum atomic E-state index is 12.8. The van der Waals surface area contributed by atoms with E-state index in [-0.39, 0.29) is 17.7 Å². The molecule has 0 aliphatic carbocycles. The highest BCUT2D eigenvalue weighted by molar-refractivity contribution is 6.31. The molecule has 1 saturated heterocycles. The molecule has 0 spiro atoms. The molecule has 3 aromatic rings. The summed E-state index contributed by atoms with van der Waals surface area (Å²) >= 11 is 6.10. The van der Waals surface area contributed by atoms with Crippen LogP contribution < -0.4 is 5.32 Å². The van der Waals surface area contributed by atoms with E-state index in [1.54, 1.807) is 40.2 Å². The van der Waals surface area contributed by atoms with E-state index in [4.69, 9.17) is 16.0 Å². The molecule has 0 unspecified atom stereocenters. The van der Waals surface area contributed by atoms with Gasteiger partial charge in [0.05, 0.1) is 23.2 Å². The van der Waals surface area contributed by atoms with Gasteiger partial charge in [-0.3, -0.25) is 9.59 Å². The first-order valence-corrected chi connectivity index (χ1v) is 9.26. The van der Waals surface area contributed by atoms with Crippen LogP contribution in [0.5, 0.6) is 0 Å². The van der Waals surface area contributed by atoms with Crippen molar-refractivity contribution in [3.63, 3.8) is 0 Å². The molecular formula is C19H18ClN5O3. The van der Waals surface area contributed by atoms with Gasteiger partial charge in [0.25, 0.3) is 5.91 Å². The Morgan fingerprint density at radius 1 is 1.21 bits per heavy atom. The van der Waals surface area contributed by atoms with E-state index in [1.807, 2.05) is 0 Å². The topological polar surface area (TPSA) is 93.3 Å². The molecule has 0 atom stereocenters. The molecule has 2 amide bonds. The fraction of sp³-hybridized carbons (Fsp3) is 0.263. The van der Waals surface area contributed by atoms with Crippen LogP contribution in [0.4, 0.5) is 5.69 Å². The molecule has 1 aromatic carbocycles. The molecule has 1 aliphatic heterocycles. The highest BCUT2D eigenvalue weighted by Crippen LogP contribution is 2.26. The zero-order valence-electron chi connectivity index (χ0n) is 14.9. The minimum atomic E-state index is -0.184. The molecule has 1 fully saturated rings. The average Bonchev–Trinajstić information content (AvgIpc) is 3.42. The predicted molar refractivity (Wildman–Crippen MR) is 102 cm³/mol. The van der Waals surface area contributed by atoms with Crippen LogP contribution in [-0.4, -0.2) is 44.6 Å². The number of nitrogens with one attached hydrogen (secondary N) is 1. The zero-order valence-corrected chi connectivity index (χ0v) is 15.7. The fourth-order valence-corrected chi connectivity index (χ4v) is 3.46. The molecule has 0 radical (unpaired) electrons. The minimum Gasteiger partial charge on any atom is -0.472 e. The Hall–Kier alpha value is -3.13. The quantitative estimate of drug-likeness (QED) is 0.727. The lowest BCUT2D eigenvalue weighted by Gasteiger charge is -2.31. The normalized spacial score (nSPS) is 14.8. The Bertz CT molecular complexity index is 964. The lowest BCUT2D eigenvalue weighted by Crippen LogP contribution is -2.41. The number of rotatable bonds is 4. The van der Waals surface area contributed by atoms with Crippen molar-refractivity contribution in [2.24, 2.45) is 5.92 Å². The van der Waals surface area contributed by atoms with Crippen LogP contribution in [0.15, 0.2) is 53.9 Å². The molecule has 9 heteroatoms. The second-order valence-corrected chi connectivity index (χ2v) is 7.01. The van der Waals surface area contributed by atoms with E-state index in [0.29, 0.717) is 47.9 Å². The number of anilines is 1. The summed E-state index contributed by atoms with van der Waals surface area (Å²) in [6.45, 7) is 1.04. The number of piperidine rings is 1. The Morgan fingerprint density at radius 3 is 2.71 bits per heavy atom. The van der Waals surface area contributed by atoms with Crippen molar-refractivity contribution in [1.82, 2.24) is 19.7 Å². The number of amides is 2. The van der Waals surface area contributed by atoms with Crippen LogP contribution in [-0.2, 0) is 4.79 Å². The highest BCUT2D eigenvalue weighted by Gasteiger charge is 2.28. The number of furan rings is 1. The van der Waals surface area contributed by atoms with Crippen molar-refractivity contribution in [1.29, 1.82) is 0 Å². The van der Waals surface area contributed by atoms with Gasteiger partial charge >= 0.3 is 0 Å². The fourth-order valence-electron chi connectivity index (χ4n) is 3.29. The van der Waals surface area contributed by atoms with E-state index in [2.05, 4.69) is 15.4 Å². The van der Waals surface area contributed by atoms with Crippen LogP contribution in [0.25, 0.3) is 5.69 Å². The van der Waals surface area contributed by atoms with Crippen molar-refractivity contribution in [2.75, 3.05) is 18.4 Å². The van der Waals surface area contributed by atoms with E-state index >= 15 is 0 Å². The third-order valence-corrected chi connectivity index (χ3v) is 5.04. The summed E-state index contributed by atoms with van der Waals surface area (Å²) < 4.78 is 6.54. The molecule has 1 aliphatic rings. The number of carbonyl (C=O) groups is 2. The van der Waals surface area contributed by atoms with Gasteiger partial charge in [-0.1, -0.05) is 11.6 Å². The summed E-state index contributed by atoms with van der Waals surface area (Å²) in [5, 5.41) is 7.57. The SMILES string of the molecule is O=C(Nc1cc(Cl)ccc1-n1cncn1)C1CCN(C(=O)c2ccoc2)CC1. The van der Waals surface area contributed by atoms with Gasteiger partial charge in [-0.15, -0.1) is 0 Å². The van der Waals surface area contributed by atoms with Crippen molar-refractivity contribution in [3.05, 3.63) is 60.0 Å². The Morgan fingerprint density at radius 2 is 2.04 bits per heavy atom. The van der Waals surface area contributed by atoms with Gasteiger partial charge in [-0.05, 0) is 37.1 Å². The summed E-state index contributed by atoms with van der Waals surface area (Å²) in [7, 11) is 0. The second kappa shape index (κ2) is 7.85. The standard InChI is InChI=1S/C19H18ClN5O3/c20-15-1-2-17(25-12-21-11-22-25)16(9-15)23-18(26)13-3-6-24(7-4-13)19(27)14-5-8-28-10-14/h1-2,5,8-13H,3-4,6-7H2,(H,23,26). The third kappa shape index (κ3) is 3.77. The molecule has 0 saturated carbocycles. The second-order valence-electron chi connectivity index (χ2n) is 6.57. The van der Waals surface area contributed by atoms with Gasteiger partial charge in [0.15, 0.2) is 0 Å². The highest BCUT2D eigenvalue weighted by atomic mass is 35.5. The number of benzene rings is 1. The molecule has 1 N–H and O–H groups in total. The van der Waals surface area contributed by atoms with Gasteiger partial charge in [-0.2, -0.15) is 5.10 Å². The average molecular weight is 400 g/mol. The van der Waals surface area contributed by atoms with Crippen LogP contribution in [0.1, 0.15) is 23.2 Å². The number of nitrogens with zero attached hydrogens (tertiary/aromatic N) is 4. The number of likely N-dealkylation sites (tertiary alicyclic amines) is 1. The first kappa shape index (κ1) is 18.2. The lowest BCUT2D eigenvalue weighted by molar-refractivity contribution is -0.121. The Labute approximate surface area is 166 Å². The van der Waals surface area contributed by atoms with Crippen molar-refractivity contribution >= 4 is 29.1 Å². The summed E-state index contributed by atoms with van der Waals surface area (Å²) in [4.78, 5) is 30.8. The Balaban J connectivity index is 1.42. The van der Waals surface area contributed by atoms with Gasteiger partial charge in [0, 0.05) is 24.0 Å². The number of halogens is 1. The maximum Gasteiger partial charge on any atom is 0.257 e. The minimum absolute atomic E-state index is 0.0732. The molecular weight excluding hydrogens is 382 g/mol. The molecule has 0 bridgehead atoms. The molecule has 28 heavy (non-hydrogen) atoms. The number of carbonyl (C=O) groups excluding carboxylic acids is 2. The number of hydrogen-bond donors (Lipinski definition) is 1. The van der Waals surface area contributed by atoms with Gasteiger partial charge < -0.3 is 14.6 Å². The first-order chi connectivity index (χ1) is 13.6. The zero-order chi connectivity index (χ0) is 19.5. The predicted octanol–water partition coefficient (Wildman–Crippen LogP) is 3.00. The van der Waals surface area contributed by atoms with E-state index in [9.17, 15) is 9.59 Å². The smallest absolute Gasteiger partial charge is 0.257 e. The van der Waals surface area contributed by atoms with Crippen LogP contribution in [0.3, 0.4) is 0 Å². The molecule has 3 heterocycles. The van der Waals surface area contributed by atoms with E-state index in [0.717, 1.165) is 0 Å². The molecule has 144 valence electrons. The summed E-state index contributed by atoms with van der Waals surface area (Å²) in [6.07, 6.45) is 7.08. The van der Waals surface area contributed by atoms with Crippen molar-refractivity contribution in [3.8, 4) is 5.69 Å². The van der Waals surface area contributed by atoms with Crippen LogP contribution in [0.2, 0.25) is 5.02 Å². The van der Waals surface area contributed by atoms with Crippen LogP contribution >= 0.6 is 11.6 Å². The summed E-state index contributed by atoms with van der Waals surface area (Å²) in [5.74, 6) is -0.356. The van der Waals surface area contributed by atoms with Gasteiger partial charge in [0.1, 0.15) is 18.9 Å². The van der Waals surface area contributed by atoms with Crippen molar-refractivity contribution < 1.29 is 14.0 Å². The van der Waals surface area contributed by atoms with E-state index in [1.165, 1.54) is 18.9 Å². The Kier molecular flexibility index (Phi) is 5.12. The largest absolute Gasteiger partial charge is 0.472 e. The number of aromatic nitrogens is 3. The lowest BCUT2D eigenvalue weighted by atomic mass is 9.95. The number of hydrogen-bond acceptors (Lipinski definition) is 5. The van der Waals surface area contributed by atoms with Crippen LogP contribution in [0, 0.1) is 5.92 Å². The summed E-state index contributed by atoms with van der Waals surface area (Å²) in [6, 6.07) is 6.84. The molecule has 2 aromatic heterocycles. The molecule has 8 nitrogen and oxygen atoms in total. The third-order valence-electron chi connectivity index (χ3n) is 4.80.